The van der Waals surface area contributed by atoms with Gasteiger partial charge in [0.25, 0.3) is 0 Å². The molecule has 8 saturated carbocycles. The van der Waals surface area contributed by atoms with E-state index in [1.807, 2.05) is 0 Å². The van der Waals surface area contributed by atoms with Gasteiger partial charge in [-0.15, -0.1) is 0 Å². The van der Waals surface area contributed by atoms with Crippen molar-refractivity contribution in [2.75, 3.05) is 6.61 Å². The molecular formula is C52H92O4. The molecule has 8 fully saturated rings. The Hall–Kier alpha value is -0.160. The van der Waals surface area contributed by atoms with E-state index in [1.54, 1.807) is 0 Å². The molecule has 324 valence electrons. The third kappa shape index (κ3) is 6.88. The molecule has 0 heterocycles. The van der Waals surface area contributed by atoms with Gasteiger partial charge in [0.1, 0.15) is 0 Å². The first-order chi connectivity index (χ1) is 26.5. The van der Waals surface area contributed by atoms with Crippen LogP contribution in [0.1, 0.15) is 191 Å². The van der Waals surface area contributed by atoms with Crippen molar-refractivity contribution in [3.63, 3.8) is 0 Å². The zero-order valence-electron chi connectivity index (χ0n) is 38.3. The molecule has 0 aromatic rings. The highest BCUT2D eigenvalue weighted by atomic mass is 16.3. The highest BCUT2D eigenvalue weighted by Crippen LogP contribution is 2.71. The third-order valence-corrected chi connectivity index (χ3v) is 21.9. The zero-order valence-corrected chi connectivity index (χ0v) is 38.3. The summed E-state index contributed by atoms with van der Waals surface area (Å²) in [5, 5.41) is 43.4. The number of hydrogen-bond acceptors (Lipinski definition) is 4. The summed E-state index contributed by atoms with van der Waals surface area (Å²) in [5.41, 5.74) is 1.60. The monoisotopic (exact) mass is 781 g/mol. The minimum Gasteiger partial charge on any atom is -0.396 e. The maximum Gasteiger partial charge on any atom is 0.0605 e. The highest BCUT2D eigenvalue weighted by molar-refractivity contribution is 5.15. The second-order valence-electron chi connectivity index (χ2n) is 24.0. The van der Waals surface area contributed by atoms with Crippen LogP contribution in [0.5, 0.6) is 0 Å². The molecule has 4 N–H and O–H groups in total. The van der Waals surface area contributed by atoms with Gasteiger partial charge in [0.05, 0.1) is 18.3 Å². The predicted octanol–water partition coefficient (Wildman–Crippen LogP) is 12.0. The summed E-state index contributed by atoms with van der Waals surface area (Å²) in [6.07, 6.45) is 23.3. The SMILES string of the molecule is CCC[C@@H](C)[C@H]1CCC2[C@H]3C(CC[C@@]21C)[C@@]1(C)CC[C@@H](O)C[C@H]1[C@@H](CC)[C@H]3O.CC[C@H]1[C@@H](O)[C@H]2C3CC[C@H]([C@H](C)CCO)[C@@]3(C)CCC2[C@@]2(C)CC[C@@H](C)C[C@@H]12. The molecular weight excluding hydrogens is 689 g/mol. The number of aliphatic hydroxyl groups is 4. The highest BCUT2D eigenvalue weighted by Gasteiger charge is 2.66. The summed E-state index contributed by atoms with van der Waals surface area (Å²) in [5.74, 6) is 9.80. The van der Waals surface area contributed by atoms with E-state index >= 15 is 0 Å². The molecule has 0 spiro atoms. The van der Waals surface area contributed by atoms with E-state index in [9.17, 15) is 20.4 Å². The van der Waals surface area contributed by atoms with Gasteiger partial charge in [0.2, 0.25) is 0 Å². The fourth-order valence-electron chi connectivity index (χ4n) is 19.1. The Balaban J connectivity index is 0.000000172. The summed E-state index contributed by atoms with van der Waals surface area (Å²) >= 11 is 0. The van der Waals surface area contributed by atoms with Crippen molar-refractivity contribution in [3.8, 4) is 0 Å². The van der Waals surface area contributed by atoms with Crippen LogP contribution in [0.2, 0.25) is 0 Å². The Morgan fingerprint density at radius 1 is 0.518 bits per heavy atom. The lowest BCUT2D eigenvalue weighted by atomic mass is 9.41. The van der Waals surface area contributed by atoms with Crippen LogP contribution in [-0.2, 0) is 0 Å². The lowest BCUT2D eigenvalue weighted by Gasteiger charge is -2.65. The molecule has 0 aromatic heterocycles. The molecule has 0 aliphatic heterocycles. The number of hydrogen-bond donors (Lipinski definition) is 4. The molecule has 4 nitrogen and oxygen atoms in total. The second kappa shape index (κ2) is 16.6. The van der Waals surface area contributed by atoms with E-state index in [-0.39, 0.29) is 18.3 Å². The van der Waals surface area contributed by atoms with Crippen molar-refractivity contribution >= 4 is 0 Å². The first-order valence-corrected chi connectivity index (χ1v) is 25.2. The molecule has 0 amide bonds. The van der Waals surface area contributed by atoms with Gasteiger partial charge in [-0.05, 0) is 200 Å². The van der Waals surface area contributed by atoms with E-state index in [4.69, 9.17) is 0 Å². The van der Waals surface area contributed by atoms with E-state index in [1.165, 1.54) is 89.9 Å². The van der Waals surface area contributed by atoms with Crippen LogP contribution in [-0.4, -0.2) is 45.3 Å². The summed E-state index contributed by atoms with van der Waals surface area (Å²) in [6.45, 7) is 24.9. The molecule has 8 aliphatic rings. The fourth-order valence-corrected chi connectivity index (χ4v) is 19.1. The van der Waals surface area contributed by atoms with Gasteiger partial charge in [0.15, 0.2) is 0 Å². The van der Waals surface area contributed by atoms with Crippen LogP contribution < -0.4 is 0 Å². The molecule has 8 rings (SSSR count). The number of fused-ring (bicyclic) bond motifs is 10. The summed E-state index contributed by atoms with van der Waals surface area (Å²) in [6, 6.07) is 0. The normalized spacial score (nSPS) is 54.5. The average Bonchev–Trinajstić information content (AvgIpc) is 3.71. The van der Waals surface area contributed by atoms with Crippen LogP contribution in [0.3, 0.4) is 0 Å². The lowest BCUT2D eigenvalue weighted by Crippen LogP contribution is -2.62. The van der Waals surface area contributed by atoms with Crippen LogP contribution in [0.4, 0.5) is 0 Å². The number of aliphatic hydroxyl groups excluding tert-OH is 4. The van der Waals surface area contributed by atoms with E-state index in [2.05, 4.69) is 69.2 Å². The van der Waals surface area contributed by atoms with Crippen molar-refractivity contribution in [2.24, 2.45) is 110 Å². The Labute approximate surface area is 345 Å². The zero-order chi connectivity index (χ0) is 40.5. The Kier molecular flexibility index (Phi) is 13.0. The van der Waals surface area contributed by atoms with Gasteiger partial charge < -0.3 is 20.4 Å². The van der Waals surface area contributed by atoms with Crippen LogP contribution in [0, 0.1) is 110 Å². The van der Waals surface area contributed by atoms with Crippen molar-refractivity contribution in [1.29, 1.82) is 0 Å². The number of rotatable bonds is 8. The molecule has 8 aliphatic carbocycles. The Morgan fingerprint density at radius 2 is 0.946 bits per heavy atom. The molecule has 4 unspecified atom stereocenters. The van der Waals surface area contributed by atoms with Crippen molar-refractivity contribution in [1.82, 2.24) is 0 Å². The van der Waals surface area contributed by atoms with Crippen LogP contribution in [0.15, 0.2) is 0 Å². The largest absolute Gasteiger partial charge is 0.396 e. The second-order valence-corrected chi connectivity index (χ2v) is 24.0. The minimum atomic E-state index is -0.150. The fraction of sp³-hybridized carbons (Fsp3) is 1.00. The smallest absolute Gasteiger partial charge is 0.0605 e. The van der Waals surface area contributed by atoms with Gasteiger partial charge in [-0.2, -0.15) is 0 Å². The van der Waals surface area contributed by atoms with E-state index in [0.29, 0.717) is 81.5 Å². The molecule has 0 radical (unpaired) electrons. The first-order valence-electron chi connectivity index (χ1n) is 25.2. The molecule has 22 atom stereocenters. The minimum absolute atomic E-state index is 0.0881. The third-order valence-electron chi connectivity index (χ3n) is 21.9. The molecule has 0 bridgehead atoms. The topological polar surface area (TPSA) is 80.9 Å². The predicted molar refractivity (Wildman–Crippen MR) is 232 cm³/mol. The van der Waals surface area contributed by atoms with Crippen molar-refractivity contribution in [2.45, 2.75) is 210 Å². The summed E-state index contributed by atoms with van der Waals surface area (Å²) in [4.78, 5) is 0. The quantitative estimate of drug-likeness (QED) is 0.198. The molecule has 4 heteroatoms. The Bertz CT molecular complexity index is 1220. The maximum absolute atomic E-state index is 11.8. The van der Waals surface area contributed by atoms with Crippen molar-refractivity contribution in [3.05, 3.63) is 0 Å². The standard InChI is InChI=1S/2C26H46O2/c1-6-18-22-15-16(2)9-12-26(22,5)21-10-13-25(4)19(17(3)11-14-27)7-8-20(25)23(21)24(18)28;1-6-8-16(3)19-9-10-20-23-21(12-14-25(19,20)4)26(5)13-11-17(27)15-22(26)18(7-2)24(23)28/h2*16-24,27-28H,6-15H2,1-5H3/t2*16-,17-,18-,19-,20?,21?,22+,23+,24-,25-,26-/m11/s1. The first kappa shape index (κ1) is 43.9. The van der Waals surface area contributed by atoms with Crippen LogP contribution >= 0.6 is 0 Å². The molecule has 56 heavy (non-hydrogen) atoms. The van der Waals surface area contributed by atoms with Gasteiger partial charge in [-0.3, -0.25) is 0 Å². The Morgan fingerprint density at radius 3 is 1.41 bits per heavy atom. The van der Waals surface area contributed by atoms with Gasteiger partial charge in [0, 0.05) is 6.61 Å². The van der Waals surface area contributed by atoms with Gasteiger partial charge in [-0.1, -0.05) is 101 Å². The van der Waals surface area contributed by atoms with E-state index < -0.39 is 0 Å². The summed E-state index contributed by atoms with van der Waals surface area (Å²) in [7, 11) is 0. The van der Waals surface area contributed by atoms with Gasteiger partial charge >= 0.3 is 0 Å². The summed E-state index contributed by atoms with van der Waals surface area (Å²) < 4.78 is 0. The van der Waals surface area contributed by atoms with Gasteiger partial charge in [-0.25, -0.2) is 0 Å². The van der Waals surface area contributed by atoms with Crippen LogP contribution in [0.25, 0.3) is 0 Å². The molecule has 0 saturated heterocycles. The van der Waals surface area contributed by atoms with Crippen molar-refractivity contribution < 1.29 is 20.4 Å². The lowest BCUT2D eigenvalue weighted by molar-refractivity contribution is -0.203. The van der Waals surface area contributed by atoms with E-state index in [0.717, 1.165) is 67.6 Å². The maximum atomic E-state index is 11.8. The molecule has 0 aromatic carbocycles. The average molecular weight is 781 g/mol.